The lowest BCUT2D eigenvalue weighted by Gasteiger charge is -2.07. The number of carbonyl (C=O) groups is 1. The highest BCUT2D eigenvalue weighted by Crippen LogP contribution is 2.29. The molecule has 2 aromatic carbocycles. The van der Waals surface area contributed by atoms with Gasteiger partial charge < -0.3 is 4.74 Å². The predicted octanol–water partition coefficient (Wildman–Crippen LogP) is 4.27. The summed E-state index contributed by atoms with van der Waals surface area (Å²) in [7, 11) is 0. The number of hydrogen-bond donors (Lipinski definition) is 0. The number of nitrogens with zero attached hydrogens (tertiary/aromatic N) is 1. The average Bonchev–Trinajstić information content (AvgIpc) is 2.45. The lowest BCUT2D eigenvalue weighted by molar-refractivity contribution is -0.384. The first-order chi connectivity index (χ1) is 9.97. The molecule has 0 spiro atoms. The summed E-state index contributed by atoms with van der Waals surface area (Å²) < 4.78 is 5.87. The zero-order chi connectivity index (χ0) is 15.4. The molecule has 0 saturated carbocycles. The number of nitro groups is 1. The molecule has 0 N–H and O–H groups in total. The summed E-state index contributed by atoms with van der Waals surface area (Å²) in [5.74, 6) is -0.0320. The van der Waals surface area contributed by atoms with Crippen LogP contribution in [0.4, 0.5) is 5.69 Å². The van der Waals surface area contributed by atoms with Gasteiger partial charge in [-0.05, 0) is 34.1 Å². The Bertz CT molecular complexity index is 705. The Labute approximate surface area is 133 Å². The van der Waals surface area contributed by atoms with Gasteiger partial charge >= 0.3 is 0 Å². The first-order valence-electron chi connectivity index (χ1n) is 5.83. The fraction of sp³-hybridized carbons (Fsp3) is 0.0714. The summed E-state index contributed by atoms with van der Waals surface area (Å²) in [6.45, 7) is -0.236. The standard InChI is InChI=1S/C14H9BrClNO4/c15-12-5-4-11(17(19)20)7-14(12)21-8-13(18)9-2-1-3-10(16)6-9/h1-7H,8H2. The minimum absolute atomic E-state index is 0.108. The molecule has 21 heavy (non-hydrogen) atoms. The van der Waals surface area contributed by atoms with Crippen molar-refractivity contribution in [3.8, 4) is 5.75 Å². The molecule has 0 heterocycles. The monoisotopic (exact) mass is 369 g/mol. The van der Waals surface area contributed by atoms with E-state index >= 15 is 0 Å². The normalized spacial score (nSPS) is 10.2. The summed E-state index contributed by atoms with van der Waals surface area (Å²) in [6, 6.07) is 10.6. The van der Waals surface area contributed by atoms with E-state index in [1.807, 2.05) is 0 Å². The number of non-ortho nitro benzene ring substituents is 1. The number of halogens is 2. The van der Waals surface area contributed by atoms with Crippen LogP contribution in [0.25, 0.3) is 0 Å². The number of hydrogen-bond acceptors (Lipinski definition) is 4. The summed E-state index contributed by atoms with van der Waals surface area (Å²) in [5, 5.41) is 11.2. The van der Waals surface area contributed by atoms with Gasteiger partial charge in [0.2, 0.25) is 0 Å². The Balaban J connectivity index is 2.11. The van der Waals surface area contributed by atoms with Crippen molar-refractivity contribution in [2.45, 2.75) is 0 Å². The number of ether oxygens (including phenoxy) is 1. The first kappa shape index (κ1) is 15.5. The summed E-state index contributed by atoms with van der Waals surface area (Å²) >= 11 is 9.03. The van der Waals surface area contributed by atoms with Crippen LogP contribution in [0, 0.1) is 10.1 Å². The van der Waals surface area contributed by atoms with Gasteiger partial charge in [-0.15, -0.1) is 0 Å². The second-order valence-corrected chi connectivity index (χ2v) is 5.38. The third-order valence-electron chi connectivity index (χ3n) is 2.63. The second kappa shape index (κ2) is 6.69. The lowest BCUT2D eigenvalue weighted by atomic mass is 10.1. The number of nitro benzene ring substituents is 1. The highest BCUT2D eigenvalue weighted by atomic mass is 79.9. The zero-order valence-corrected chi connectivity index (χ0v) is 12.9. The molecule has 0 radical (unpaired) electrons. The number of ketones is 1. The molecular formula is C14H9BrClNO4. The zero-order valence-electron chi connectivity index (χ0n) is 10.6. The topological polar surface area (TPSA) is 69.4 Å². The van der Waals surface area contributed by atoms with Gasteiger partial charge in [0, 0.05) is 16.7 Å². The van der Waals surface area contributed by atoms with Crippen molar-refractivity contribution in [3.05, 3.63) is 67.6 Å². The van der Waals surface area contributed by atoms with Crippen LogP contribution in [0.2, 0.25) is 5.02 Å². The van der Waals surface area contributed by atoms with Gasteiger partial charge in [-0.3, -0.25) is 14.9 Å². The first-order valence-corrected chi connectivity index (χ1v) is 7.00. The van der Waals surface area contributed by atoms with Crippen LogP contribution < -0.4 is 4.74 Å². The van der Waals surface area contributed by atoms with Crippen molar-refractivity contribution in [2.75, 3.05) is 6.61 Å². The molecule has 0 bridgehead atoms. The third-order valence-corrected chi connectivity index (χ3v) is 3.52. The molecular weight excluding hydrogens is 362 g/mol. The molecule has 2 aromatic rings. The van der Waals surface area contributed by atoms with Crippen LogP contribution in [0.1, 0.15) is 10.4 Å². The second-order valence-electron chi connectivity index (χ2n) is 4.09. The lowest BCUT2D eigenvalue weighted by Crippen LogP contribution is -2.11. The van der Waals surface area contributed by atoms with Crippen molar-refractivity contribution < 1.29 is 14.5 Å². The Hall–Kier alpha value is -1.92. The fourth-order valence-corrected chi connectivity index (χ4v) is 2.16. The van der Waals surface area contributed by atoms with Gasteiger partial charge in [0.05, 0.1) is 15.5 Å². The molecule has 0 aliphatic rings. The largest absolute Gasteiger partial charge is 0.484 e. The van der Waals surface area contributed by atoms with E-state index in [0.29, 0.717) is 15.1 Å². The van der Waals surface area contributed by atoms with E-state index in [1.165, 1.54) is 24.3 Å². The maximum atomic E-state index is 12.0. The van der Waals surface area contributed by atoms with Gasteiger partial charge in [0.15, 0.2) is 12.4 Å². The van der Waals surface area contributed by atoms with Crippen molar-refractivity contribution in [3.63, 3.8) is 0 Å². The minimum atomic E-state index is -0.530. The van der Waals surface area contributed by atoms with Gasteiger partial charge in [-0.1, -0.05) is 23.7 Å². The molecule has 7 heteroatoms. The van der Waals surface area contributed by atoms with Crippen molar-refractivity contribution in [1.82, 2.24) is 0 Å². The number of Topliss-reactive ketones (excluding diaryl/α,β-unsaturated/α-hetero) is 1. The maximum absolute atomic E-state index is 12.0. The van der Waals surface area contributed by atoms with Gasteiger partial charge in [-0.2, -0.15) is 0 Å². The van der Waals surface area contributed by atoms with Crippen LogP contribution in [-0.2, 0) is 0 Å². The molecule has 5 nitrogen and oxygen atoms in total. The maximum Gasteiger partial charge on any atom is 0.273 e. The van der Waals surface area contributed by atoms with Crippen LogP contribution in [0.15, 0.2) is 46.9 Å². The van der Waals surface area contributed by atoms with E-state index in [9.17, 15) is 14.9 Å². The van der Waals surface area contributed by atoms with Crippen LogP contribution in [-0.4, -0.2) is 17.3 Å². The number of carbonyl (C=O) groups excluding carboxylic acids is 1. The summed E-state index contributed by atoms with van der Waals surface area (Å²) in [4.78, 5) is 22.2. The molecule has 0 unspecified atom stereocenters. The molecule has 0 aromatic heterocycles. The smallest absolute Gasteiger partial charge is 0.273 e. The van der Waals surface area contributed by atoms with Crippen LogP contribution >= 0.6 is 27.5 Å². The number of rotatable bonds is 5. The van der Waals surface area contributed by atoms with E-state index in [0.717, 1.165) is 0 Å². The van der Waals surface area contributed by atoms with Crippen LogP contribution in [0.5, 0.6) is 5.75 Å². The summed E-state index contributed by atoms with van der Waals surface area (Å²) in [6.07, 6.45) is 0. The van der Waals surface area contributed by atoms with E-state index in [1.54, 1.807) is 18.2 Å². The van der Waals surface area contributed by atoms with Crippen LogP contribution in [0.3, 0.4) is 0 Å². The quantitative estimate of drug-likeness (QED) is 0.448. The predicted molar refractivity (Wildman–Crippen MR) is 82.1 cm³/mol. The van der Waals surface area contributed by atoms with E-state index in [4.69, 9.17) is 16.3 Å². The summed E-state index contributed by atoms with van der Waals surface area (Å²) in [5.41, 5.74) is 0.312. The van der Waals surface area contributed by atoms with Gasteiger partial charge in [0.25, 0.3) is 5.69 Å². The third kappa shape index (κ3) is 4.03. The SMILES string of the molecule is O=C(COc1cc([N+](=O)[O-])ccc1Br)c1cccc(Cl)c1. The van der Waals surface area contributed by atoms with E-state index in [-0.39, 0.29) is 23.8 Å². The van der Waals surface area contributed by atoms with E-state index < -0.39 is 4.92 Å². The molecule has 0 atom stereocenters. The molecule has 0 aliphatic carbocycles. The van der Waals surface area contributed by atoms with Crippen molar-refractivity contribution in [1.29, 1.82) is 0 Å². The highest BCUT2D eigenvalue weighted by Gasteiger charge is 2.13. The Morgan fingerprint density at radius 1 is 1.29 bits per heavy atom. The molecule has 108 valence electrons. The Morgan fingerprint density at radius 2 is 2.05 bits per heavy atom. The van der Waals surface area contributed by atoms with Crippen molar-refractivity contribution >= 4 is 39.0 Å². The molecule has 2 rings (SSSR count). The van der Waals surface area contributed by atoms with E-state index in [2.05, 4.69) is 15.9 Å². The fourth-order valence-electron chi connectivity index (χ4n) is 1.60. The van der Waals surface area contributed by atoms with Gasteiger partial charge in [-0.25, -0.2) is 0 Å². The highest BCUT2D eigenvalue weighted by molar-refractivity contribution is 9.10. The molecule has 0 aliphatic heterocycles. The average molecular weight is 371 g/mol. The van der Waals surface area contributed by atoms with Crippen molar-refractivity contribution in [2.24, 2.45) is 0 Å². The molecule has 0 saturated heterocycles. The number of benzene rings is 2. The Morgan fingerprint density at radius 3 is 2.71 bits per heavy atom. The molecule has 0 fully saturated rings. The Kier molecular flexibility index (Phi) is 4.93. The minimum Gasteiger partial charge on any atom is -0.484 e. The van der Waals surface area contributed by atoms with Gasteiger partial charge in [0.1, 0.15) is 5.75 Å². The molecule has 0 amide bonds.